The molecule has 2 aromatic rings. The maximum atomic E-state index is 13.8. The molecule has 0 aliphatic heterocycles. The Bertz CT molecular complexity index is 658. The number of hydrogen-bond acceptors (Lipinski definition) is 3. The van der Waals surface area contributed by atoms with Crippen LogP contribution in [0.15, 0.2) is 41.3 Å². The van der Waals surface area contributed by atoms with Crippen LogP contribution < -0.4 is 10.5 Å². The first-order chi connectivity index (χ1) is 9.51. The van der Waals surface area contributed by atoms with E-state index in [0.717, 1.165) is 5.56 Å². The van der Waals surface area contributed by atoms with Crippen molar-refractivity contribution in [1.29, 1.82) is 0 Å². The first-order valence-electron chi connectivity index (χ1n) is 6.08. The molecule has 1 unspecified atom stereocenters. The summed E-state index contributed by atoms with van der Waals surface area (Å²) in [6.45, 7) is 1.84. The molecule has 5 heteroatoms. The Morgan fingerprint density at radius 1 is 1.25 bits per heavy atom. The number of benzene rings is 2. The van der Waals surface area contributed by atoms with Crippen LogP contribution in [0.2, 0.25) is 0 Å². The van der Waals surface area contributed by atoms with E-state index in [0.29, 0.717) is 21.9 Å². The minimum atomic E-state index is -1.31. The van der Waals surface area contributed by atoms with Crippen molar-refractivity contribution in [3.63, 3.8) is 0 Å². The van der Waals surface area contributed by atoms with Crippen molar-refractivity contribution < 1.29 is 13.3 Å². The molecule has 0 radical (unpaired) electrons. The second-order valence-corrected chi connectivity index (χ2v) is 5.89. The largest absolute Gasteiger partial charge is 0.497 e. The summed E-state index contributed by atoms with van der Waals surface area (Å²) in [5, 5.41) is 0. The van der Waals surface area contributed by atoms with Crippen molar-refractivity contribution in [2.45, 2.75) is 17.6 Å². The van der Waals surface area contributed by atoms with Crippen molar-refractivity contribution in [2.24, 2.45) is 0 Å². The zero-order valence-corrected chi connectivity index (χ0v) is 12.2. The Balaban J connectivity index is 2.23. The summed E-state index contributed by atoms with van der Waals surface area (Å²) in [6, 6.07) is 9.73. The minimum absolute atomic E-state index is 0.126. The van der Waals surface area contributed by atoms with Gasteiger partial charge in [-0.1, -0.05) is 6.07 Å². The van der Waals surface area contributed by atoms with Crippen LogP contribution in [0.25, 0.3) is 0 Å². The molecule has 20 heavy (non-hydrogen) atoms. The van der Waals surface area contributed by atoms with Crippen LogP contribution in [0, 0.1) is 12.7 Å². The van der Waals surface area contributed by atoms with Crippen molar-refractivity contribution in [2.75, 3.05) is 12.8 Å². The third kappa shape index (κ3) is 3.17. The molecule has 0 heterocycles. The van der Waals surface area contributed by atoms with Crippen molar-refractivity contribution >= 4 is 16.5 Å². The lowest BCUT2D eigenvalue weighted by atomic mass is 10.2. The average molecular weight is 293 g/mol. The van der Waals surface area contributed by atoms with Gasteiger partial charge in [0.25, 0.3) is 0 Å². The number of methoxy groups -OCH3 is 1. The predicted octanol–water partition coefficient (Wildman–Crippen LogP) is 3.03. The second-order valence-electron chi connectivity index (χ2n) is 4.47. The van der Waals surface area contributed by atoms with E-state index in [2.05, 4.69) is 0 Å². The Morgan fingerprint density at radius 2 is 2.00 bits per heavy atom. The van der Waals surface area contributed by atoms with E-state index in [-0.39, 0.29) is 5.75 Å². The highest BCUT2D eigenvalue weighted by molar-refractivity contribution is 7.84. The van der Waals surface area contributed by atoms with E-state index in [1.165, 1.54) is 13.2 Å². The summed E-state index contributed by atoms with van der Waals surface area (Å²) in [5.41, 5.74) is 7.54. The molecule has 0 amide bonds. The molecule has 2 aromatic carbocycles. The molecule has 0 aliphatic carbocycles. The molecule has 0 bridgehead atoms. The Morgan fingerprint density at radius 3 is 2.60 bits per heavy atom. The van der Waals surface area contributed by atoms with Gasteiger partial charge in [0, 0.05) is 22.2 Å². The summed E-state index contributed by atoms with van der Waals surface area (Å²) >= 11 is 0. The van der Waals surface area contributed by atoms with Crippen LogP contribution in [0.1, 0.15) is 11.1 Å². The SMILES string of the molecule is COc1ccc(CS(=O)c2ccc(N)cc2C)c(F)c1. The Labute approximate surface area is 120 Å². The molecular formula is C15H16FNO2S. The van der Waals surface area contributed by atoms with E-state index in [1.54, 1.807) is 30.3 Å². The molecule has 2 rings (SSSR count). The number of nitrogens with two attached hydrogens (primary N) is 1. The quantitative estimate of drug-likeness (QED) is 0.882. The van der Waals surface area contributed by atoms with Gasteiger partial charge in [0.2, 0.25) is 0 Å². The predicted molar refractivity (Wildman–Crippen MR) is 78.7 cm³/mol. The highest BCUT2D eigenvalue weighted by Gasteiger charge is 2.12. The van der Waals surface area contributed by atoms with Gasteiger partial charge in [0.1, 0.15) is 11.6 Å². The monoisotopic (exact) mass is 293 g/mol. The van der Waals surface area contributed by atoms with Crippen LogP contribution >= 0.6 is 0 Å². The van der Waals surface area contributed by atoms with E-state index in [9.17, 15) is 8.60 Å². The number of nitrogen functional groups attached to an aromatic ring is 1. The van der Waals surface area contributed by atoms with Crippen molar-refractivity contribution in [1.82, 2.24) is 0 Å². The minimum Gasteiger partial charge on any atom is -0.497 e. The fraction of sp³-hybridized carbons (Fsp3) is 0.200. The van der Waals surface area contributed by atoms with Gasteiger partial charge >= 0.3 is 0 Å². The average Bonchev–Trinajstić information content (AvgIpc) is 2.40. The highest BCUT2D eigenvalue weighted by Crippen LogP contribution is 2.22. The van der Waals surface area contributed by atoms with E-state index >= 15 is 0 Å². The molecule has 0 spiro atoms. The standard InChI is InChI=1S/C15H16FNO2S/c1-10-7-12(17)4-6-15(10)20(18)9-11-3-5-13(19-2)8-14(11)16/h3-8H,9,17H2,1-2H3. The molecule has 0 aliphatic rings. The molecule has 0 fully saturated rings. The zero-order chi connectivity index (χ0) is 14.7. The van der Waals surface area contributed by atoms with Crippen LogP contribution in [-0.2, 0) is 16.6 Å². The molecule has 106 valence electrons. The van der Waals surface area contributed by atoms with Gasteiger partial charge in [-0.05, 0) is 36.8 Å². The molecule has 0 saturated heterocycles. The maximum absolute atomic E-state index is 13.8. The zero-order valence-electron chi connectivity index (χ0n) is 11.4. The normalized spacial score (nSPS) is 12.2. The van der Waals surface area contributed by atoms with Crippen LogP contribution in [0.5, 0.6) is 5.75 Å². The van der Waals surface area contributed by atoms with E-state index < -0.39 is 16.6 Å². The van der Waals surface area contributed by atoms with Gasteiger partial charge in [0.05, 0.1) is 23.7 Å². The molecule has 0 saturated carbocycles. The Kier molecular flexibility index (Phi) is 4.39. The summed E-state index contributed by atoms with van der Waals surface area (Å²) < 4.78 is 31.1. The second kappa shape index (κ2) is 6.05. The van der Waals surface area contributed by atoms with Crippen molar-refractivity contribution in [3.05, 3.63) is 53.3 Å². The number of aryl methyl sites for hydroxylation is 1. The lowest BCUT2D eigenvalue weighted by Gasteiger charge is -2.08. The van der Waals surface area contributed by atoms with Gasteiger partial charge in [-0.3, -0.25) is 4.21 Å². The van der Waals surface area contributed by atoms with Gasteiger partial charge in [0.15, 0.2) is 0 Å². The fourth-order valence-corrected chi connectivity index (χ4v) is 3.23. The fourth-order valence-electron chi connectivity index (χ4n) is 1.92. The summed E-state index contributed by atoms with van der Waals surface area (Å²) in [7, 11) is 0.167. The van der Waals surface area contributed by atoms with Gasteiger partial charge in [-0.2, -0.15) is 0 Å². The van der Waals surface area contributed by atoms with E-state index in [4.69, 9.17) is 10.5 Å². The molecule has 1 atom stereocenters. The Hall–Kier alpha value is -1.88. The van der Waals surface area contributed by atoms with Gasteiger partial charge in [-0.25, -0.2) is 4.39 Å². The van der Waals surface area contributed by atoms with Crippen LogP contribution in [0.3, 0.4) is 0 Å². The summed E-state index contributed by atoms with van der Waals surface area (Å²) in [4.78, 5) is 0.675. The first-order valence-corrected chi connectivity index (χ1v) is 7.40. The number of rotatable bonds is 4. The summed E-state index contributed by atoms with van der Waals surface area (Å²) in [5.74, 6) is 0.159. The lowest BCUT2D eigenvalue weighted by molar-refractivity contribution is 0.411. The number of halogens is 1. The first kappa shape index (κ1) is 14.5. The van der Waals surface area contributed by atoms with Crippen LogP contribution in [-0.4, -0.2) is 11.3 Å². The van der Waals surface area contributed by atoms with Crippen molar-refractivity contribution in [3.8, 4) is 5.75 Å². The van der Waals surface area contributed by atoms with Gasteiger partial charge in [-0.15, -0.1) is 0 Å². The molecule has 0 aromatic heterocycles. The smallest absolute Gasteiger partial charge is 0.131 e. The summed E-state index contributed by atoms with van der Waals surface area (Å²) in [6.07, 6.45) is 0. The molecular weight excluding hydrogens is 277 g/mol. The lowest BCUT2D eigenvalue weighted by Crippen LogP contribution is -2.02. The number of hydrogen-bond donors (Lipinski definition) is 1. The van der Waals surface area contributed by atoms with Crippen LogP contribution in [0.4, 0.5) is 10.1 Å². The number of ether oxygens (including phenoxy) is 1. The third-order valence-corrected chi connectivity index (χ3v) is 4.51. The molecule has 2 N–H and O–H groups in total. The highest BCUT2D eigenvalue weighted by atomic mass is 32.2. The number of anilines is 1. The molecule has 3 nitrogen and oxygen atoms in total. The van der Waals surface area contributed by atoms with Gasteiger partial charge < -0.3 is 10.5 Å². The third-order valence-electron chi connectivity index (χ3n) is 2.99. The topological polar surface area (TPSA) is 52.3 Å². The maximum Gasteiger partial charge on any atom is 0.131 e. The van der Waals surface area contributed by atoms with E-state index in [1.807, 2.05) is 6.92 Å².